The number of fused-ring (bicyclic) bond motifs is 1. The quantitative estimate of drug-likeness (QED) is 0.678. The average Bonchev–Trinajstić information content (AvgIpc) is 3.26. The minimum Gasteiger partial charge on any atom is -0.391 e. The van der Waals surface area contributed by atoms with Gasteiger partial charge >= 0.3 is 0 Å². The predicted molar refractivity (Wildman–Crippen MR) is 116 cm³/mol. The summed E-state index contributed by atoms with van der Waals surface area (Å²) in [6, 6.07) is 6.95. The molecular weight excluding hydrogens is 402 g/mol. The SMILES string of the molecule is CC(C)(C)c1nc(N2CCC(O)C2)c2cnn(Cc3ccccc3S(C)(=O)=O)c2n1. The first kappa shape index (κ1) is 20.7. The largest absolute Gasteiger partial charge is 0.391 e. The molecule has 0 aliphatic carbocycles. The Labute approximate surface area is 176 Å². The first-order valence-corrected chi connectivity index (χ1v) is 11.9. The lowest BCUT2D eigenvalue weighted by atomic mass is 9.95. The molecule has 2 aromatic heterocycles. The second kappa shape index (κ2) is 7.31. The van der Waals surface area contributed by atoms with Gasteiger partial charge in [-0.3, -0.25) is 0 Å². The molecule has 1 unspecified atom stereocenters. The summed E-state index contributed by atoms with van der Waals surface area (Å²) in [4.78, 5) is 12.0. The van der Waals surface area contributed by atoms with E-state index < -0.39 is 9.84 Å². The fraction of sp³-hybridized carbons (Fsp3) is 0.476. The van der Waals surface area contributed by atoms with Crippen LogP contribution in [0.15, 0.2) is 35.4 Å². The Kier molecular flexibility index (Phi) is 5.06. The number of benzene rings is 1. The second-order valence-electron chi connectivity index (χ2n) is 8.93. The number of aromatic nitrogens is 4. The van der Waals surface area contributed by atoms with Gasteiger partial charge in [0, 0.05) is 24.8 Å². The number of aliphatic hydroxyl groups excluding tert-OH is 1. The highest BCUT2D eigenvalue weighted by Crippen LogP contribution is 2.31. The highest BCUT2D eigenvalue weighted by Gasteiger charge is 2.28. The van der Waals surface area contributed by atoms with E-state index in [2.05, 4.69) is 30.8 Å². The molecule has 1 fully saturated rings. The number of sulfone groups is 1. The topological polar surface area (TPSA) is 101 Å². The number of hydrogen-bond acceptors (Lipinski definition) is 7. The second-order valence-corrected chi connectivity index (χ2v) is 10.9. The zero-order valence-corrected chi connectivity index (χ0v) is 18.5. The summed E-state index contributed by atoms with van der Waals surface area (Å²) >= 11 is 0. The van der Waals surface area contributed by atoms with Crippen LogP contribution in [0.4, 0.5) is 5.82 Å². The normalized spacial score (nSPS) is 17.8. The predicted octanol–water partition coefficient (Wildman–Crippen LogP) is 2.15. The van der Waals surface area contributed by atoms with E-state index in [9.17, 15) is 13.5 Å². The summed E-state index contributed by atoms with van der Waals surface area (Å²) in [7, 11) is -3.36. The van der Waals surface area contributed by atoms with Crippen LogP contribution in [-0.2, 0) is 21.8 Å². The van der Waals surface area contributed by atoms with Gasteiger partial charge in [-0.2, -0.15) is 5.10 Å². The van der Waals surface area contributed by atoms with Gasteiger partial charge in [0.15, 0.2) is 15.5 Å². The van der Waals surface area contributed by atoms with Crippen LogP contribution in [0.25, 0.3) is 11.0 Å². The number of β-amino-alcohol motifs (C(OH)–C–C–N with tert-alkyl or cyclic N) is 1. The maximum Gasteiger partial charge on any atom is 0.175 e. The van der Waals surface area contributed by atoms with Crippen LogP contribution < -0.4 is 4.90 Å². The van der Waals surface area contributed by atoms with Crippen LogP contribution in [0, 0.1) is 0 Å². The van der Waals surface area contributed by atoms with Gasteiger partial charge in [0.05, 0.1) is 29.1 Å². The van der Waals surface area contributed by atoms with Crippen molar-refractivity contribution < 1.29 is 13.5 Å². The fourth-order valence-corrected chi connectivity index (χ4v) is 4.66. The van der Waals surface area contributed by atoms with E-state index in [0.717, 1.165) is 17.7 Å². The van der Waals surface area contributed by atoms with Crippen LogP contribution in [0.3, 0.4) is 0 Å². The van der Waals surface area contributed by atoms with Gasteiger partial charge in [-0.15, -0.1) is 0 Å². The summed E-state index contributed by atoms with van der Waals surface area (Å²) < 4.78 is 26.1. The standard InChI is InChI=1S/C21H27N5O3S/c1-21(2,3)20-23-18(25-10-9-15(27)13-25)16-11-22-26(19(16)24-20)12-14-7-5-6-8-17(14)30(4,28)29/h5-8,11,15,27H,9-10,12-13H2,1-4H3. The van der Waals surface area contributed by atoms with Crippen molar-refractivity contribution in [2.75, 3.05) is 24.2 Å². The van der Waals surface area contributed by atoms with Crippen LogP contribution in [0.5, 0.6) is 0 Å². The van der Waals surface area contributed by atoms with Crippen molar-refractivity contribution in [2.45, 2.75) is 50.2 Å². The summed E-state index contributed by atoms with van der Waals surface area (Å²) in [6.07, 6.45) is 3.27. The molecule has 8 nitrogen and oxygen atoms in total. The third-order valence-electron chi connectivity index (χ3n) is 5.30. The smallest absolute Gasteiger partial charge is 0.175 e. The van der Waals surface area contributed by atoms with Crippen LogP contribution >= 0.6 is 0 Å². The van der Waals surface area contributed by atoms with Crippen molar-refractivity contribution in [1.82, 2.24) is 19.7 Å². The zero-order chi connectivity index (χ0) is 21.7. The van der Waals surface area contributed by atoms with Gasteiger partial charge in [-0.25, -0.2) is 23.1 Å². The third kappa shape index (κ3) is 3.91. The molecule has 0 amide bonds. The minimum atomic E-state index is -3.36. The Morgan fingerprint density at radius 3 is 2.57 bits per heavy atom. The molecule has 0 bridgehead atoms. The molecule has 30 heavy (non-hydrogen) atoms. The highest BCUT2D eigenvalue weighted by atomic mass is 32.2. The fourth-order valence-electron chi connectivity index (χ4n) is 3.72. The van der Waals surface area contributed by atoms with Gasteiger partial charge in [-0.05, 0) is 18.1 Å². The highest BCUT2D eigenvalue weighted by molar-refractivity contribution is 7.90. The molecule has 0 radical (unpaired) electrons. The van der Waals surface area contributed by atoms with Gasteiger partial charge in [0.1, 0.15) is 11.6 Å². The molecule has 1 atom stereocenters. The van der Waals surface area contributed by atoms with Gasteiger partial charge in [-0.1, -0.05) is 39.0 Å². The first-order valence-electron chi connectivity index (χ1n) is 9.99. The summed E-state index contributed by atoms with van der Waals surface area (Å²) in [5.41, 5.74) is 1.05. The zero-order valence-electron chi connectivity index (χ0n) is 17.7. The maximum absolute atomic E-state index is 12.2. The Hall–Kier alpha value is -2.52. The Morgan fingerprint density at radius 1 is 1.20 bits per heavy atom. The average molecular weight is 430 g/mol. The van der Waals surface area contributed by atoms with E-state index in [1.54, 1.807) is 29.1 Å². The number of rotatable bonds is 4. The van der Waals surface area contributed by atoms with E-state index in [1.807, 2.05) is 6.07 Å². The van der Waals surface area contributed by atoms with Gasteiger partial charge in [0.25, 0.3) is 0 Å². The van der Waals surface area contributed by atoms with Crippen molar-refractivity contribution >= 4 is 26.7 Å². The number of anilines is 1. The van der Waals surface area contributed by atoms with E-state index in [1.165, 1.54) is 6.26 Å². The Balaban J connectivity index is 1.85. The molecule has 0 spiro atoms. The molecule has 1 aliphatic heterocycles. The molecule has 3 aromatic rings. The molecule has 0 saturated carbocycles. The van der Waals surface area contributed by atoms with E-state index in [0.29, 0.717) is 34.9 Å². The first-order chi connectivity index (χ1) is 14.0. The van der Waals surface area contributed by atoms with Crippen molar-refractivity contribution in [2.24, 2.45) is 0 Å². The van der Waals surface area contributed by atoms with Crippen LogP contribution in [-0.4, -0.2) is 58.7 Å². The Morgan fingerprint density at radius 2 is 1.93 bits per heavy atom. The molecule has 4 rings (SSSR count). The molecule has 9 heteroatoms. The van der Waals surface area contributed by atoms with Gasteiger partial charge in [0.2, 0.25) is 0 Å². The Bertz CT molecular complexity index is 1200. The number of aliphatic hydroxyl groups is 1. The minimum absolute atomic E-state index is 0.277. The monoisotopic (exact) mass is 429 g/mol. The third-order valence-corrected chi connectivity index (χ3v) is 6.50. The molecule has 1 N–H and O–H groups in total. The van der Waals surface area contributed by atoms with E-state index >= 15 is 0 Å². The lowest BCUT2D eigenvalue weighted by Crippen LogP contribution is -2.25. The number of nitrogens with zero attached hydrogens (tertiary/aromatic N) is 5. The molecule has 160 valence electrons. The van der Waals surface area contributed by atoms with Crippen molar-refractivity contribution in [3.63, 3.8) is 0 Å². The summed E-state index contributed by atoms with van der Waals surface area (Å²) in [5.74, 6) is 1.45. The van der Waals surface area contributed by atoms with Crippen molar-refractivity contribution in [3.8, 4) is 0 Å². The molecule has 1 aliphatic rings. The molecule has 1 aromatic carbocycles. The lowest BCUT2D eigenvalue weighted by Gasteiger charge is -2.22. The maximum atomic E-state index is 12.2. The summed E-state index contributed by atoms with van der Waals surface area (Å²) in [5, 5.41) is 15.3. The molecule has 3 heterocycles. The van der Waals surface area contributed by atoms with Crippen LogP contribution in [0.2, 0.25) is 0 Å². The van der Waals surface area contributed by atoms with E-state index in [-0.39, 0.29) is 18.1 Å². The van der Waals surface area contributed by atoms with Crippen molar-refractivity contribution in [1.29, 1.82) is 0 Å². The van der Waals surface area contributed by atoms with Crippen molar-refractivity contribution in [3.05, 3.63) is 41.9 Å². The number of hydrogen-bond donors (Lipinski definition) is 1. The van der Waals surface area contributed by atoms with Crippen LogP contribution in [0.1, 0.15) is 38.6 Å². The van der Waals surface area contributed by atoms with E-state index in [4.69, 9.17) is 9.97 Å². The summed E-state index contributed by atoms with van der Waals surface area (Å²) in [6.45, 7) is 7.69. The molecule has 1 saturated heterocycles. The van der Waals surface area contributed by atoms with Gasteiger partial charge < -0.3 is 10.0 Å². The molecular formula is C21H27N5O3S. The lowest BCUT2D eigenvalue weighted by molar-refractivity contribution is 0.198.